The second kappa shape index (κ2) is 5.04. The van der Waals surface area contributed by atoms with Crippen LogP contribution in [-0.2, 0) is 9.59 Å². The van der Waals surface area contributed by atoms with Crippen molar-refractivity contribution in [3.63, 3.8) is 0 Å². The molecule has 2 rings (SSSR count). The molecule has 0 spiro atoms. The molecular weight excluding hydrogens is 220 g/mol. The van der Waals surface area contributed by atoms with Gasteiger partial charge in [0.15, 0.2) is 0 Å². The zero-order valence-electron chi connectivity index (χ0n) is 9.97. The number of carboxylic acids is 1. The second-order valence-electron chi connectivity index (χ2n) is 5.17. The van der Waals surface area contributed by atoms with E-state index in [-0.39, 0.29) is 17.9 Å². The molecule has 0 bridgehead atoms. The van der Waals surface area contributed by atoms with E-state index in [9.17, 15) is 9.59 Å². The highest BCUT2D eigenvalue weighted by atomic mass is 16.4. The highest BCUT2D eigenvalue weighted by molar-refractivity contribution is 5.85. The van der Waals surface area contributed by atoms with Gasteiger partial charge in [0.25, 0.3) is 0 Å². The van der Waals surface area contributed by atoms with Crippen molar-refractivity contribution in [1.82, 2.24) is 4.90 Å². The number of rotatable bonds is 2. The topological polar surface area (TPSA) is 83.6 Å². The summed E-state index contributed by atoms with van der Waals surface area (Å²) >= 11 is 0. The van der Waals surface area contributed by atoms with Gasteiger partial charge in [-0.3, -0.25) is 9.59 Å². The van der Waals surface area contributed by atoms with Gasteiger partial charge < -0.3 is 15.7 Å². The minimum atomic E-state index is -0.831. The van der Waals surface area contributed by atoms with Crippen LogP contribution in [0.2, 0.25) is 0 Å². The molecule has 2 aliphatic rings. The van der Waals surface area contributed by atoms with Gasteiger partial charge in [-0.15, -0.1) is 0 Å². The number of nitrogens with zero attached hydrogens (tertiary/aromatic N) is 1. The highest BCUT2D eigenvalue weighted by Crippen LogP contribution is 2.33. The molecule has 1 saturated heterocycles. The van der Waals surface area contributed by atoms with Crippen molar-refractivity contribution < 1.29 is 14.7 Å². The van der Waals surface area contributed by atoms with E-state index in [0.717, 1.165) is 25.8 Å². The van der Waals surface area contributed by atoms with Gasteiger partial charge in [0, 0.05) is 19.1 Å². The Labute approximate surface area is 101 Å². The number of amides is 1. The van der Waals surface area contributed by atoms with E-state index in [2.05, 4.69) is 0 Å². The fourth-order valence-corrected chi connectivity index (χ4v) is 3.00. The zero-order valence-corrected chi connectivity index (χ0v) is 9.97. The molecule has 17 heavy (non-hydrogen) atoms. The van der Waals surface area contributed by atoms with Gasteiger partial charge >= 0.3 is 5.97 Å². The maximum atomic E-state index is 12.3. The standard InChI is InChI=1S/C12H20N2O3/c13-8-3-2-6-14(7-8)11(15)9-4-1-5-10(9)12(16)17/h8-10H,1-7,13H2,(H,16,17). The molecule has 3 unspecified atom stereocenters. The van der Waals surface area contributed by atoms with Crippen LogP contribution < -0.4 is 5.73 Å². The first kappa shape index (κ1) is 12.4. The summed E-state index contributed by atoms with van der Waals surface area (Å²) < 4.78 is 0. The lowest BCUT2D eigenvalue weighted by molar-refractivity contribution is -0.149. The third kappa shape index (κ3) is 2.60. The van der Waals surface area contributed by atoms with Crippen molar-refractivity contribution in [2.24, 2.45) is 17.6 Å². The van der Waals surface area contributed by atoms with Crippen LogP contribution in [0, 0.1) is 11.8 Å². The van der Waals surface area contributed by atoms with Crippen molar-refractivity contribution in [3.05, 3.63) is 0 Å². The summed E-state index contributed by atoms with van der Waals surface area (Å²) in [6, 6.07) is 0.0531. The van der Waals surface area contributed by atoms with E-state index in [1.165, 1.54) is 0 Å². The minimum absolute atomic E-state index is 0.00468. The van der Waals surface area contributed by atoms with Gasteiger partial charge in [-0.2, -0.15) is 0 Å². The second-order valence-corrected chi connectivity index (χ2v) is 5.17. The van der Waals surface area contributed by atoms with Crippen LogP contribution in [0.4, 0.5) is 0 Å². The average molecular weight is 240 g/mol. The third-order valence-electron chi connectivity index (χ3n) is 3.92. The molecule has 96 valence electrons. The number of piperidine rings is 1. The first-order valence-electron chi connectivity index (χ1n) is 6.36. The maximum Gasteiger partial charge on any atom is 0.307 e. The van der Waals surface area contributed by atoms with Crippen LogP contribution in [0.3, 0.4) is 0 Å². The third-order valence-corrected chi connectivity index (χ3v) is 3.92. The molecule has 0 aromatic rings. The van der Waals surface area contributed by atoms with Gasteiger partial charge in [-0.1, -0.05) is 6.42 Å². The molecule has 0 aromatic carbocycles. The lowest BCUT2D eigenvalue weighted by Gasteiger charge is -2.33. The molecule has 5 nitrogen and oxygen atoms in total. The van der Waals surface area contributed by atoms with Gasteiger partial charge in [0.1, 0.15) is 0 Å². The largest absolute Gasteiger partial charge is 0.481 e. The minimum Gasteiger partial charge on any atom is -0.481 e. The van der Waals surface area contributed by atoms with Gasteiger partial charge in [0.05, 0.1) is 11.8 Å². The number of hydrogen-bond donors (Lipinski definition) is 2. The Morgan fingerprint density at radius 1 is 1.12 bits per heavy atom. The highest BCUT2D eigenvalue weighted by Gasteiger charge is 2.40. The van der Waals surface area contributed by atoms with E-state index >= 15 is 0 Å². The van der Waals surface area contributed by atoms with Crippen LogP contribution in [0.25, 0.3) is 0 Å². The van der Waals surface area contributed by atoms with E-state index in [1.807, 2.05) is 0 Å². The summed E-state index contributed by atoms with van der Waals surface area (Å²) in [4.78, 5) is 25.1. The lowest BCUT2D eigenvalue weighted by Crippen LogP contribution is -2.48. The summed E-state index contributed by atoms with van der Waals surface area (Å²) in [6.45, 7) is 1.32. The van der Waals surface area contributed by atoms with Gasteiger partial charge in [-0.05, 0) is 25.7 Å². The Balaban J connectivity index is 2.01. The Kier molecular flexibility index (Phi) is 3.66. The van der Waals surface area contributed by atoms with Crippen LogP contribution >= 0.6 is 0 Å². The molecule has 2 fully saturated rings. The predicted molar refractivity (Wildman–Crippen MR) is 62.3 cm³/mol. The predicted octanol–water partition coefficient (Wildman–Crippen LogP) is 0.437. The van der Waals surface area contributed by atoms with Crippen LogP contribution in [-0.4, -0.2) is 41.0 Å². The number of aliphatic carboxylic acids is 1. The Morgan fingerprint density at radius 3 is 2.47 bits per heavy atom. The smallest absolute Gasteiger partial charge is 0.307 e. The molecule has 1 aliphatic carbocycles. The van der Waals surface area contributed by atoms with E-state index < -0.39 is 11.9 Å². The normalized spacial score (nSPS) is 33.7. The molecule has 3 atom stereocenters. The van der Waals surface area contributed by atoms with Crippen LogP contribution in [0.15, 0.2) is 0 Å². The Morgan fingerprint density at radius 2 is 1.82 bits per heavy atom. The van der Waals surface area contributed by atoms with Gasteiger partial charge in [0.2, 0.25) is 5.91 Å². The van der Waals surface area contributed by atoms with Crippen molar-refractivity contribution >= 4 is 11.9 Å². The number of nitrogens with two attached hydrogens (primary N) is 1. The summed E-state index contributed by atoms with van der Waals surface area (Å²) in [5.74, 6) is -1.63. The summed E-state index contributed by atoms with van der Waals surface area (Å²) in [6.07, 6.45) is 4.06. The van der Waals surface area contributed by atoms with Crippen molar-refractivity contribution in [3.8, 4) is 0 Å². The molecule has 1 saturated carbocycles. The van der Waals surface area contributed by atoms with Crippen LogP contribution in [0.5, 0.6) is 0 Å². The average Bonchev–Trinajstić information content (AvgIpc) is 2.77. The molecule has 1 aliphatic heterocycles. The van der Waals surface area contributed by atoms with E-state index in [1.54, 1.807) is 4.90 Å². The molecule has 1 heterocycles. The monoisotopic (exact) mass is 240 g/mol. The number of hydrogen-bond acceptors (Lipinski definition) is 3. The first-order valence-corrected chi connectivity index (χ1v) is 6.36. The summed E-state index contributed by atoms with van der Waals surface area (Å²) in [7, 11) is 0. The number of likely N-dealkylation sites (tertiary alicyclic amines) is 1. The fourth-order valence-electron chi connectivity index (χ4n) is 3.00. The van der Waals surface area contributed by atoms with Crippen LogP contribution in [0.1, 0.15) is 32.1 Å². The van der Waals surface area contributed by atoms with Crippen molar-refractivity contribution in [1.29, 1.82) is 0 Å². The molecular formula is C12H20N2O3. The van der Waals surface area contributed by atoms with Crippen molar-refractivity contribution in [2.75, 3.05) is 13.1 Å². The Bertz CT molecular complexity index is 319. The fraction of sp³-hybridized carbons (Fsp3) is 0.833. The van der Waals surface area contributed by atoms with E-state index in [0.29, 0.717) is 19.4 Å². The number of carbonyl (C=O) groups is 2. The quantitative estimate of drug-likeness (QED) is 0.733. The molecule has 3 N–H and O–H groups in total. The number of carbonyl (C=O) groups excluding carboxylic acids is 1. The van der Waals surface area contributed by atoms with Gasteiger partial charge in [-0.25, -0.2) is 0 Å². The zero-order chi connectivity index (χ0) is 12.4. The summed E-state index contributed by atoms with van der Waals surface area (Å²) in [5.41, 5.74) is 5.85. The Hall–Kier alpha value is -1.10. The molecule has 1 amide bonds. The lowest BCUT2D eigenvalue weighted by atomic mass is 9.93. The van der Waals surface area contributed by atoms with E-state index in [4.69, 9.17) is 10.8 Å². The maximum absolute atomic E-state index is 12.3. The SMILES string of the molecule is NC1CCCN(C(=O)C2CCCC2C(=O)O)C1. The molecule has 0 aromatic heterocycles. The number of carboxylic acid groups (broad SMARTS) is 1. The van der Waals surface area contributed by atoms with Crippen molar-refractivity contribution in [2.45, 2.75) is 38.1 Å². The molecule has 0 radical (unpaired) electrons. The molecule has 5 heteroatoms. The first-order chi connectivity index (χ1) is 8.09. The summed E-state index contributed by atoms with van der Waals surface area (Å²) in [5, 5.41) is 9.09.